The summed E-state index contributed by atoms with van der Waals surface area (Å²) < 4.78 is 7.18. The van der Waals surface area contributed by atoms with E-state index in [-0.39, 0.29) is 10.6 Å². The third kappa shape index (κ3) is 3.31. The Bertz CT molecular complexity index is 779. The first-order valence-electron chi connectivity index (χ1n) is 8.94. The van der Waals surface area contributed by atoms with E-state index in [1.165, 1.54) is 17.5 Å². The Hall–Kier alpha value is -1.85. The molecule has 1 aromatic heterocycles. The van der Waals surface area contributed by atoms with Crippen LogP contribution in [-0.4, -0.2) is 35.6 Å². The number of rotatable bonds is 3. The molecule has 5 nitrogen and oxygen atoms in total. The summed E-state index contributed by atoms with van der Waals surface area (Å²) in [5, 5.41) is 4.58. The SMILES string of the molecule is O=c1c(Cl)c(N2CCC(C3CCCO3)CC2)cnn1-c1ccccc1. The lowest BCUT2D eigenvalue weighted by Gasteiger charge is -2.35. The normalized spacial score (nSPS) is 21.6. The van der Waals surface area contributed by atoms with E-state index in [0.717, 1.165) is 43.9 Å². The minimum atomic E-state index is -0.272. The Morgan fingerprint density at radius 2 is 1.88 bits per heavy atom. The summed E-state index contributed by atoms with van der Waals surface area (Å²) in [5.74, 6) is 0.621. The summed E-state index contributed by atoms with van der Waals surface area (Å²) >= 11 is 6.41. The molecule has 1 unspecified atom stereocenters. The van der Waals surface area contributed by atoms with Crippen molar-refractivity contribution < 1.29 is 4.74 Å². The summed E-state index contributed by atoms with van der Waals surface area (Å²) in [6, 6.07) is 9.35. The molecule has 2 aliphatic rings. The summed E-state index contributed by atoms with van der Waals surface area (Å²) in [6.45, 7) is 2.68. The van der Waals surface area contributed by atoms with Crippen molar-refractivity contribution in [3.8, 4) is 5.69 Å². The van der Waals surface area contributed by atoms with E-state index in [1.54, 1.807) is 6.20 Å². The van der Waals surface area contributed by atoms with Crippen molar-refractivity contribution >= 4 is 17.3 Å². The first-order chi connectivity index (χ1) is 12.2. The number of halogens is 1. The highest BCUT2D eigenvalue weighted by Crippen LogP contribution is 2.32. The molecule has 0 aliphatic carbocycles. The van der Waals surface area contributed by atoms with E-state index in [4.69, 9.17) is 16.3 Å². The topological polar surface area (TPSA) is 47.4 Å². The number of nitrogens with zero attached hydrogens (tertiary/aromatic N) is 3. The Labute approximate surface area is 152 Å². The molecule has 3 heterocycles. The third-order valence-corrected chi connectivity index (χ3v) is 5.63. The average Bonchev–Trinajstić information content (AvgIpc) is 3.20. The molecule has 0 N–H and O–H groups in total. The van der Waals surface area contributed by atoms with Crippen LogP contribution in [0.5, 0.6) is 0 Å². The van der Waals surface area contributed by atoms with Gasteiger partial charge in [-0.2, -0.15) is 9.78 Å². The largest absolute Gasteiger partial charge is 0.378 e. The molecule has 25 heavy (non-hydrogen) atoms. The average molecular weight is 360 g/mol. The van der Waals surface area contributed by atoms with Crippen molar-refractivity contribution in [2.75, 3.05) is 24.6 Å². The zero-order valence-corrected chi connectivity index (χ0v) is 14.9. The number of piperidine rings is 1. The van der Waals surface area contributed by atoms with Gasteiger partial charge in [0.25, 0.3) is 5.56 Å². The van der Waals surface area contributed by atoms with Crippen molar-refractivity contribution in [1.29, 1.82) is 0 Å². The minimum absolute atomic E-state index is 0.245. The standard InChI is InChI=1S/C19H22ClN3O2/c20-18-16(13-21-23(19(18)24)15-5-2-1-3-6-15)22-10-8-14(9-11-22)17-7-4-12-25-17/h1-3,5-6,13-14,17H,4,7-12H2. The zero-order valence-electron chi connectivity index (χ0n) is 14.1. The second kappa shape index (κ2) is 7.18. The lowest BCUT2D eigenvalue weighted by molar-refractivity contribution is 0.0531. The van der Waals surface area contributed by atoms with E-state index in [9.17, 15) is 4.79 Å². The summed E-state index contributed by atoms with van der Waals surface area (Å²) in [4.78, 5) is 14.8. The van der Waals surface area contributed by atoms with Gasteiger partial charge in [-0.3, -0.25) is 4.79 Å². The molecule has 0 saturated carbocycles. The van der Waals surface area contributed by atoms with Crippen LogP contribution >= 0.6 is 11.6 Å². The molecular weight excluding hydrogens is 338 g/mol. The van der Waals surface area contributed by atoms with Crippen LogP contribution in [0.2, 0.25) is 5.02 Å². The van der Waals surface area contributed by atoms with E-state index in [2.05, 4.69) is 10.00 Å². The second-order valence-corrected chi connectivity index (χ2v) is 7.15. The quantitative estimate of drug-likeness (QED) is 0.843. The molecule has 1 aromatic carbocycles. The van der Waals surface area contributed by atoms with Crippen molar-refractivity contribution in [1.82, 2.24) is 9.78 Å². The number of anilines is 1. The second-order valence-electron chi connectivity index (χ2n) is 6.77. The fourth-order valence-electron chi connectivity index (χ4n) is 3.88. The van der Waals surface area contributed by atoms with Crippen LogP contribution in [-0.2, 0) is 4.74 Å². The van der Waals surface area contributed by atoms with Gasteiger partial charge < -0.3 is 9.64 Å². The molecule has 1 atom stereocenters. The molecule has 0 bridgehead atoms. The van der Waals surface area contributed by atoms with Gasteiger partial charge in [-0.15, -0.1) is 0 Å². The molecule has 2 aromatic rings. The van der Waals surface area contributed by atoms with Crippen molar-refractivity contribution in [3.63, 3.8) is 0 Å². The van der Waals surface area contributed by atoms with Crippen LogP contribution in [0.4, 0.5) is 5.69 Å². The van der Waals surface area contributed by atoms with Crippen LogP contribution in [0.15, 0.2) is 41.3 Å². The lowest BCUT2D eigenvalue weighted by Crippen LogP contribution is -2.39. The van der Waals surface area contributed by atoms with Gasteiger partial charge in [-0.1, -0.05) is 29.8 Å². The molecule has 4 rings (SSSR count). The van der Waals surface area contributed by atoms with Crippen LogP contribution in [0, 0.1) is 5.92 Å². The first-order valence-corrected chi connectivity index (χ1v) is 9.31. The predicted molar refractivity (Wildman–Crippen MR) is 98.8 cm³/mol. The highest BCUT2D eigenvalue weighted by atomic mass is 35.5. The van der Waals surface area contributed by atoms with Gasteiger partial charge in [0, 0.05) is 19.7 Å². The molecular formula is C19H22ClN3O2. The van der Waals surface area contributed by atoms with Gasteiger partial charge in [-0.05, 0) is 43.7 Å². The van der Waals surface area contributed by atoms with Gasteiger partial charge in [0.15, 0.2) is 0 Å². The van der Waals surface area contributed by atoms with Crippen molar-refractivity contribution in [2.45, 2.75) is 31.8 Å². The molecule has 0 amide bonds. The Morgan fingerprint density at radius 1 is 1.12 bits per heavy atom. The van der Waals surface area contributed by atoms with Crippen LogP contribution < -0.4 is 10.5 Å². The fourth-order valence-corrected chi connectivity index (χ4v) is 4.13. The van der Waals surface area contributed by atoms with Crippen LogP contribution in [0.25, 0.3) is 5.69 Å². The highest BCUT2D eigenvalue weighted by Gasteiger charge is 2.30. The molecule has 2 aliphatic heterocycles. The van der Waals surface area contributed by atoms with E-state index in [1.807, 2.05) is 30.3 Å². The summed E-state index contributed by atoms with van der Waals surface area (Å²) in [5.41, 5.74) is 1.19. The number of hydrogen-bond donors (Lipinski definition) is 0. The molecule has 0 radical (unpaired) electrons. The maximum Gasteiger partial charge on any atom is 0.292 e. The Morgan fingerprint density at radius 3 is 2.56 bits per heavy atom. The van der Waals surface area contributed by atoms with Crippen molar-refractivity contribution in [2.24, 2.45) is 5.92 Å². The van der Waals surface area contributed by atoms with Gasteiger partial charge >= 0.3 is 0 Å². The number of benzene rings is 1. The predicted octanol–water partition coefficient (Wildman–Crippen LogP) is 3.28. The van der Waals surface area contributed by atoms with E-state index in [0.29, 0.717) is 12.0 Å². The maximum atomic E-state index is 12.6. The summed E-state index contributed by atoms with van der Waals surface area (Å²) in [7, 11) is 0. The van der Waals surface area contributed by atoms with Gasteiger partial charge in [0.2, 0.25) is 0 Å². The summed E-state index contributed by atoms with van der Waals surface area (Å²) in [6.07, 6.45) is 6.63. The van der Waals surface area contributed by atoms with E-state index >= 15 is 0 Å². The number of hydrogen-bond acceptors (Lipinski definition) is 4. The number of para-hydroxylation sites is 1. The van der Waals surface area contributed by atoms with E-state index < -0.39 is 0 Å². The van der Waals surface area contributed by atoms with Crippen molar-refractivity contribution in [3.05, 3.63) is 51.9 Å². The highest BCUT2D eigenvalue weighted by molar-refractivity contribution is 6.33. The Kier molecular flexibility index (Phi) is 4.77. The third-order valence-electron chi connectivity index (χ3n) is 5.27. The van der Waals surface area contributed by atoms with Gasteiger partial charge in [0.05, 0.1) is 23.7 Å². The van der Waals surface area contributed by atoms with Crippen LogP contribution in [0.1, 0.15) is 25.7 Å². The Balaban J connectivity index is 1.52. The molecule has 6 heteroatoms. The number of ether oxygens (including phenoxy) is 1. The van der Waals surface area contributed by atoms with Gasteiger partial charge in [-0.25, -0.2) is 0 Å². The number of aromatic nitrogens is 2. The molecule has 2 saturated heterocycles. The molecule has 132 valence electrons. The smallest absolute Gasteiger partial charge is 0.292 e. The van der Waals surface area contributed by atoms with Crippen LogP contribution in [0.3, 0.4) is 0 Å². The molecule has 2 fully saturated rings. The maximum absolute atomic E-state index is 12.6. The minimum Gasteiger partial charge on any atom is -0.378 e. The molecule has 0 spiro atoms. The fraction of sp³-hybridized carbons (Fsp3) is 0.474. The zero-order chi connectivity index (χ0) is 17.2. The van der Waals surface area contributed by atoms with Gasteiger partial charge in [0.1, 0.15) is 5.02 Å². The first kappa shape index (κ1) is 16.6. The lowest BCUT2D eigenvalue weighted by atomic mass is 9.89. The monoisotopic (exact) mass is 359 g/mol.